The fraction of sp³-hybridized carbons (Fsp3) is 0.353. The first-order valence-electron chi connectivity index (χ1n) is 7.70. The summed E-state index contributed by atoms with van der Waals surface area (Å²) >= 11 is 0. The van der Waals surface area contributed by atoms with Crippen molar-refractivity contribution in [3.63, 3.8) is 0 Å². The molecular weight excluding hydrogens is 312 g/mol. The summed E-state index contributed by atoms with van der Waals surface area (Å²) in [4.78, 5) is 3.92. The van der Waals surface area contributed by atoms with Crippen molar-refractivity contribution in [2.24, 2.45) is 0 Å². The molecule has 2 aromatic rings. The molecule has 1 aromatic heterocycles. The Bertz CT molecular complexity index is 777. The molecule has 0 saturated heterocycles. The third-order valence-corrected chi connectivity index (χ3v) is 5.61. The molecule has 6 heteroatoms. The van der Waals surface area contributed by atoms with Gasteiger partial charge in [0, 0.05) is 12.7 Å². The highest BCUT2D eigenvalue weighted by Crippen LogP contribution is 2.35. The van der Waals surface area contributed by atoms with Gasteiger partial charge in [0.15, 0.2) is 5.03 Å². The zero-order valence-electron chi connectivity index (χ0n) is 13.0. The normalized spacial score (nSPS) is 20.9. The first-order valence-corrected chi connectivity index (χ1v) is 9.19. The molecule has 1 N–H and O–H groups in total. The van der Waals surface area contributed by atoms with Crippen molar-refractivity contribution in [2.45, 2.75) is 30.4 Å². The van der Waals surface area contributed by atoms with E-state index in [4.69, 9.17) is 4.74 Å². The molecule has 0 bridgehead atoms. The minimum Gasteiger partial charge on any atom is -0.369 e. The average Bonchev–Trinajstić information content (AvgIpc) is 2.61. The molecule has 1 unspecified atom stereocenters. The highest BCUT2D eigenvalue weighted by Gasteiger charge is 2.37. The Kier molecular flexibility index (Phi) is 4.48. The van der Waals surface area contributed by atoms with E-state index in [9.17, 15) is 8.42 Å². The molecule has 1 aromatic carbocycles. The van der Waals surface area contributed by atoms with Crippen molar-refractivity contribution in [1.82, 2.24) is 9.71 Å². The van der Waals surface area contributed by atoms with Crippen LogP contribution in [0.5, 0.6) is 0 Å². The molecule has 0 radical (unpaired) electrons. The quantitative estimate of drug-likeness (QED) is 0.912. The lowest BCUT2D eigenvalue weighted by Crippen LogP contribution is -2.45. The van der Waals surface area contributed by atoms with Crippen LogP contribution in [0, 0.1) is 0 Å². The summed E-state index contributed by atoms with van der Waals surface area (Å²) in [6.45, 7) is 2.80. The van der Waals surface area contributed by atoms with Crippen molar-refractivity contribution >= 4 is 10.0 Å². The van der Waals surface area contributed by atoms with Crippen molar-refractivity contribution in [3.8, 4) is 0 Å². The van der Waals surface area contributed by atoms with Crippen molar-refractivity contribution < 1.29 is 13.2 Å². The third kappa shape index (κ3) is 3.15. The molecule has 1 aliphatic heterocycles. The van der Waals surface area contributed by atoms with Crippen molar-refractivity contribution in [2.75, 3.05) is 13.2 Å². The van der Waals surface area contributed by atoms with Gasteiger partial charge in [-0.2, -0.15) is 0 Å². The van der Waals surface area contributed by atoms with Gasteiger partial charge in [-0.05, 0) is 36.1 Å². The van der Waals surface area contributed by atoms with Crippen LogP contribution in [0.2, 0.25) is 0 Å². The number of hydrogen-bond donors (Lipinski definition) is 1. The smallest absolute Gasteiger partial charge is 0.258 e. The minimum absolute atomic E-state index is 0.0235. The van der Waals surface area contributed by atoms with Gasteiger partial charge in [-0.3, -0.25) is 0 Å². The minimum atomic E-state index is -3.65. The zero-order chi connectivity index (χ0) is 16.3. The van der Waals surface area contributed by atoms with Crippen LogP contribution in [0.25, 0.3) is 0 Å². The van der Waals surface area contributed by atoms with E-state index in [1.807, 2.05) is 25.1 Å². The predicted octanol–water partition coefficient (Wildman–Crippen LogP) is 2.24. The highest BCUT2D eigenvalue weighted by molar-refractivity contribution is 7.89. The molecule has 5 nitrogen and oxygen atoms in total. The van der Waals surface area contributed by atoms with Crippen LogP contribution in [0.4, 0.5) is 0 Å². The first-order chi connectivity index (χ1) is 11.1. The number of nitrogens with one attached hydrogen (secondary N) is 1. The largest absolute Gasteiger partial charge is 0.369 e. The van der Waals surface area contributed by atoms with Gasteiger partial charge < -0.3 is 4.74 Å². The van der Waals surface area contributed by atoms with Gasteiger partial charge in [0.2, 0.25) is 0 Å². The SMILES string of the molecule is CCC1(CNS(=O)(=O)c2ccccn2)OCCc2ccccc21. The number of rotatable bonds is 5. The molecular formula is C17H20N2O3S. The van der Waals surface area contributed by atoms with E-state index in [1.54, 1.807) is 12.1 Å². The fourth-order valence-corrected chi connectivity index (χ4v) is 4.00. The van der Waals surface area contributed by atoms with E-state index in [2.05, 4.69) is 15.8 Å². The van der Waals surface area contributed by atoms with E-state index in [-0.39, 0.29) is 11.6 Å². The molecule has 0 amide bonds. The van der Waals surface area contributed by atoms with E-state index >= 15 is 0 Å². The topological polar surface area (TPSA) is 68.3 Å². The van der Waals surface area contributed by atoms with E-state index < -0.39 is 15.6 Å². The van der Waals surface area contributed by atoms with Gasteiger partial charge in [-0.25, -0.2) is 18.1 Å². The van der Waals surface area contributed by atoms with Gasteiger partial charge in [0.05, 0.1) is 6.61 Å². The van der Waals surface area contributed by atoms with Crippen LogP contribution in [-0.4, -0.2) is 26.6 Å². The van der Waals surface area contributed by atoms with E-state index in [0.717, 1.165) is 12.0 Å². The van der Waals surface area contributed by atoms with Crippen LogP contribution in [0.15, 0.2) is 53.7 Å². The Hall–Kier alpha value is -1.76. The maximum Gasteiger partial charge on any atom is 0.258 e. The summed E-state index contributed by atoms with van der Waals surface area (Å²) in [6.07, 6.45) is 3.01. The second-order valence-corrected chi connectivity index (χ2v) is 7.31. The van der Waals surface area contributed by atoms with Gasteiger partial charge >= 0.3 is 0 Å². The Labute approximate surface area is 136 Å². The van der Waals surface area contributed by atoms with E-state index in [0.29, 0.717) is 13.0 Å². The fourth-order valence-electron chi connectivity index (χ4n) is 2.97. The lowest BCUT2D eigenvalue weighted by Gasteiger charge is -2.38. The summed E-state index contributed by atoms with van der Waals surface area (Å²) in [7, 11) is -3.65. The molecule has 2 heterocycles. The number of fused-ring (bicyclic) bond motifs is 1. The maximum atomic E-state index is 12.4. The number of pyridine rings is 1. The predicted molar refractivity (Wildman–Crippen MR) is 87.5 cm³/mol. The Morgan fingerprint density at radius 2 is 2.00 bits per heavy atom. The van der Waals surface area contributed by atoms with Gasteiger partial charge in [0.25, 0.3) is 10.0 Å². The zero-order valence-corrected chi connectivity index (χ0v) is 13.8. The molecule has 0 saturated carbocycles. The monoisotopic (exact) mass is 332 g/mol. The molecule has 122 valence electrons. The number of ether oxygens (including phenoxy) is 1. The second kappa shape index (κ2) is 6.39. The summed E-state index contributed by atoms with van der Waals surface area (Å²) in [5.41, 5.74) is 1.66. The first kappa shape index (κ1) is 16.1. The Morgan fingerprint density at radius 1 is 1.22 bits per heavy atom. The van der Waals surface area contributed by atoms with Gasteiger partial charge in [0.1, 0.15) is 5.60 Å². The highest BCUT2D eigenvalue weighted by atomic mass is 32.2. The van der Waals surface area contributed by atoms with Crippen LogP contribution in [0.3, 0.4) is 0 Å². The van der Waals surface area contributed by atoms with Crippen molar-refractivity contribution in [3.05, 3.63) is 59.8 Å². The van der Waals surface area contributed by atoms with Crippen LogP contribution in [0.1, 0.15) is 24.5 Å². The molecule has 0 aliphatic carbocycles. The summed E-state index contributed by atoms with van der Waals surface area (Å²) in [5.74, 6) is 0. The molecule has 0 fully saturated rings. The van der Waals surface area contributed by atoms with Crippen LogP contribution in [-0.2, 0) is 26.8 Å². The lowest BCUT2D eigenvalue weighted by atomic mass is 9.84. The number of benzene rings is 1. The lowest BCUT2D eigenvalue weighted by molar-refractivity contribution is -0.0587. The number of sulfonamides is 1. The van der Waals surface area contributed by atoms with Crippen LogP contribution < -0.4 is 4.72 Å². The van der Waals surface area contributed by atoms with Crippen LogP contribution >= 0.6 is 0 Å². The number of nitrogens with zero attached hydrogens (tertiary/aromatic N) is 1. The summed E-state index contributed by atoms with van der Waals surface area (Å²) in [6, 6.07) is 12.9. The van der Waals surface area contributed by atoms with Gasteiger partial charge in [-0.15, -0.1) is 0 Å². The molecule has 1 atom stereocenters. The third-order valence-electron chi connectivity index (χ3n) is 4.29. The standard InChI is InChI=1S/C17H20N2O3S/c1-2-17(15-8-4-3-7-14(15)10-12-22-17)13-19-23(20,21)16-9-5-6-11-18-16/h3-9,11,19H,2,10,12-13H2,1H3. The molecule has 3 rings (SSSR count). The van der Waals surface area contributed by atoms with Crippen molar-refractivity contribution in [1.29, 1.82) is 0 Å². The maximum absolute atomic E-state index is 12.4. The average molecular weight is 332 g/mol. The molecule has 23 heavy (non-hydrogen) atoms. The molecule has 1 aliphatic rings. The second-order valence-electron chi connectivity index (χ2n) is 5.60. The summed E-state index contributed by atoms with van der Waals surface area (Å²) in [5, 5.41) is 0.0235. The molecule has 0 spiro atoms. The number of aromatic nitrogens is 1. The Balaban J connectivity index is 1.87. The van der Waals surface area contributed by atoms with E-state index in [1.165, 1.54) is 17.8 Å². The summed E-state index contributed by atoms with van der Waals surface area (Å²) < 4.78 is 33.5. The Morgan fingerprint density at radius 3 is 2.74 bits per heavy atom. The number of hydrogen-bond acceptors (Lipinski definition) is 4. The van der Waals surface area contributed by atoms with Gasteiger partial charge in [-0.1, -0.05) is 37.3 Å².